The number of anilines is 2. The van der Waals surface area contributed by atoms with E-state index in [4.69, 9.17) is 0 Å². The van der Waals surface area contributed by atoms with Crippen LogP contribution in [0, 0.1) is 22.7 Å². The molecule has 0 saturated carbocycles. The van der Waals surface area contributed by atoms with Crippen LogP contribution < -0.4 is 4.90 Å². The molecule has 5 heteroatoms. The van der Waals surface area contributed by atoms with Gasteiger partial charge in [0.25, 0.3) is 0 Å². The summed E-state index contributed by atoms with van der Waals surface area (Å²) in [6, 6.07) is 48.4. The van der Waals surface area contributed by atoms with E-state index in [2.05, 4.69) is 107 Å². The summed E-state index contributed by atoms with van der Waals surface area (Å²) in [5.74, 6) is 0. The van der Waals surface area contributed by atoms with Crippen LogP contribution >= 0.6 is 11.3 Å². The van der Waals surface area contributed by atoms with Gasteiger partial charge in [-0.2, -0.15) is 10.5 Å². The molecule has 0 aliphatic heterocycles. The molecule has 6 aromatic carbocycles. The number of nitriles is 2. The molecule has 4 nitrogen and oxygen atoms in total. The van der Waals surface area contributed by atoms with E-state index in [0.717, 1.165) is 28.2 Å². The second-order valence-corrected chi connectivity index (χ2v) is 12.0. The number of hydrogen-bond acceptors (Lipinski definition) is 4. The topological polar surface area (TPSA) is 55.8 Å². The summed E-state index contributed by atoms with van der Waals surface area (Å²) in [5.41, 5.74) is 8.70. The van der Waals surface area contributed by atoms with Crippen molar-refractivity contribution in [2.75, 3.05) is 11.9 Å². The van der Waals surface area contributed by atoms with Gasteiger partial charge in [-0.25, -0.2) is 0 Å². The summed E-state index contributed by atoms with van der Waals surface area (Å²) >= 11 is 1.80. The first-order chi connectivity index (χ1) is 21.6. The third-order valence-corrected chi connectivity index (χ3v) is 9.63. The van der Waals surface area contributed by atoms with Crippen LogP contribution in [0.1, 0.15) is 11.1 Å². The standard InChI is InChI=1S/C39H24N4S/c1-42(37-20-26(24-41)12-17-30(37)27-13-10-25(23-40)11-14-27)28-15-18-38-33(21-28)34-22-29(16-19-39(34)44-38)43-35-8-4-2-6-31(35)32-7-3-5-9-36(32)43/h2-22H,1H3. The minimum atomic E-state index is 0.599. The van der Waals surface area contributed by atoms with E-state index in [1.54, 1.807) is 11.3 Å². The Morgan fingerprint density at radius 2 is 1.20 bits per heavy atom. The smallest absolute Gasteiger partial charge is 0.0992 e. The molecule has 8 aromatic rings. The van der Waals surface area contributed by atoms with Crippen LogP contribution in [0.2, 0.25) is 0 Å². The number of aromatic nitrogens is 1. The van der Waals surface area contributed by atoms with E-state index in [1.165, 1.54) is 42.0 Å². The van der Waals surface area contributed by atoms with E-state index in [0.29, 0.717) is 11.1 Å². The molecule has 2 aromatic heterocycles. The van der Waals surface area contributed by atoms with Crippen LogP contribution in [-0.4, -0.2) is 11.6 Å². The Bertz CT molecular complexity index is 2430. The van der Waals surface area contributed by atoms with Crippen molar-refractivity contribution in [2.45, 2.75) is 0 Å². The Hall–Kier alpha value is -5.88. The first kappa shape index (κ1) is 25.8. The molecule has 0 aliphatic carbocycles. The second-order valence-electron chi connectivity index (χ2n) is 10.9. The van der Waals surface area contributed by atoms with Crippen LogP contribution in [-0.2, 0) is 0 Å². The third kappa shape index (κ3) is 4.03. The van der Waals surface area contributed by atoms with E-state index in [9.17, 15) is 10.5 Å². The van der Waals surface area contributed by atoms with Gasteiger partial charge in [0.05, 0.1) is 40.0 Å². The second kappa shape index (κ2) is 10.1. The average molecular weight is 581 g/mol. The Kier molecular flexibility index (Phi) is 5.94. The summed E-state index contributed by atoms with van der Waals surface area (Å²) in [4.78, 5) is 2.15. The van der Waals surface area contributed by atoms with Crippen LogP contribution in [0.15, 0.2) is 127 Å². The fourth-order valence-corrected chi connectivity index (χ4v) is 7.35. The molecule has 0 fully saturated rings. The number of para-hydroxylation sites is 2. The van der Waals surface area contributed by atoms with E-state index in [-0.39, 0.29) is 0 Å². The van der Waals surface area contributed by atoms with Crippen LogP contribution in [0.4, 0.5) is 11.4 Å². The Balaban J connectivity index is 1.28. The molecule has 0 atom stereocenters. The lowest BCUT2D eigenvalue weighted by molar-refractivity contribution is 1.19. The first-order valence-corrected chi connectivity index (χ1v) is 15.2. The number of hydrogen-bond donors (Lipinski definition) is 0. The van der Waals surface area contributed by atoms with Gasteiger partial charge in [0.15, 0.2) is 0 Å². The quantitative estimate of drug-likeness (QED) is 0.208. The van der Waals surface area contributed by atoms with Crippen LogP contribution in [0.25, 0.3) is 58.8 Å². The Morgan fingerprint density at radius 3 is 1.89 bits per heavy atom. The number of nitrogens with zero attached hydrogens (tertiary/aromatic N) is 4. The van der Waals surface area contributed by atoms with Crippen molar-refractivity contribution in [3.05, 3.63) is 139 Å². The maximum Gasteiger partial charge on any atom is 0.0992 e. The molecule has 2 heterocycles. The number of rotatable bonds is 4. The lowest BCUT2D eigenvalue weighted by Gasteiger charge is -2.23. The molecule has 0 amide bonds. The molecule has 0 saturated heterocycles. The zero-order chi connectivity index (χ0) is 29.8. The summed E-state index contributed by atoms with van der Waals surface area (Å²) in [7, 11) is 2.04. The lowest BCUT2D eigenvalue weighted by atomic mass is 9.99. The highest BCUT2D eigenvalue weighted by atomic mass is 32.1. The van der Waals surface area contributed by atoms with Crippen LogP contribution in [0.3, 0.4) is 0 Å². The lowest BCUT2D eigenvalue weighted by Crippen LogP contribution is -2.11. The Labute approximate surface area is 258 Å². The van der Waals surface area contributed by atoms with Crippen molar-refractivity contribution in [3.63, 3.8) is 0 Å². The summed E-state index contributed by atoms with van der Waals surface area (Å²) in [6.07, 6.45) is 0. The van der Waals surface area contributed by atoms with Crippen molar-refractivity contribution in [1.82, 2.24) is 4.57 Å². The zero-order valence-corrected chi connectivity index (χ0v) is 24.6. The normalized spacial score (nSPS) is 11.2. The van der Waals surface area contributed by atoms with Crippen molar-refractivity contribution in [1.29, 1.82) is 10.5 Å². The SMILES string of the molecule is CN(c1ccc2sc3ccc(-n4c5ccccc5c5ccccc54)cc3c2c1)c1cc(C#N)ccc1-c1ccc(C#N)cc1. The third-order valence-electron chi connectivity index (χ3n) is 8.48. The predicted octanol–water partition coefficient (Wildman–Crippen LogP) is 10.3. The zero-order valence-electron chi connectivity index (χ0n) is 23.8. The summed E-state index contributed by atoms with van der Waals surface area (Å²) < 4.78 is 4.84. The van der Waals surface area contributed by atoms with Gasteiger partial charge >= 0.3 is 0 Å². The average Bonchev–Trinajstić information content (AvgIpc) is 3.62. The van der Waals surface area contributed by atoms with Gasteiger partial charge < -0.3 is 9.47 Å². The highest BCUT2D eigenvalue weighted by molar-refractivity contribution is 7.25. The van der Waals surface area contributed by atoms with E-state index in [1.807, 2.05) is 49.5 Å². The van der Waals surface area contributed by atoms with Gasteiger partial charge in [-0.05, 0) is 78.4 Å². The fraction of sp³-hybridized carbons (Fsp3) is 0.0256. The minimum absolute atomic E-state index is 0.599. The van der Waals surface area contributed by atoms with Gasteiger partial charge in [-0.15, -0.1) is 11.3 Å². The van der Waals surface area contributed by atoms with Gasteiger partial charge in [-0.3, -0.25) is 0 Å². The van der Waals surface area contributed by atoms with Crippen molar-refractivity contribution in [3.8, 4) is 29.0 Å². The van der Waals surface area contributed by atoms with Gasteiger partial charge in [-0.1, -0.05) is 54.6 Å². The molecule has 206 valence electrons. The molecule has 0 N–H and O–H groups in total. The van der Waals surface area contributed by atoms with E-state index < -0.39 is 0 Å². The maximum absolute atomic E-state index is 9.71. The molecular formula is C39H24N4S. The molecule has 0 aliphatic rings. The van der Waals surface area contributed by atoms with Crippen molar-refractivity contribution >= 4 is 64.7 Å². The van der Waals surface area contributed by atoms with E-state index >= 15 is 0 Å². The molecule has 44 heavy (non-hydrogen) atoms. The predicted molar refractivity (Wildman–Crippen MR) is 183 cm³/mol. The van der Waals surface area contributed by atoms with Gasteiger partial charge in [0.2, 0.25) is 0 Å². The molecule has 0 spiro atoms. The fourth-order valence-electron chi connectivity index (χ4n) is 6.29. The molecular weight excluding hydrogens is 557 g/mol. The molecule has 0 bridgehead atoms. The monoisotopic (exact) mass is 580 g/mol. The summed E-state index contributed by atoms with van der Waals surface area (Å²) in [6.45, 7) is 0. The van der Waals surface area contributed by atoms with Crippen molar-refractivity contribution in [2.24, 2.45) is 0 Å². The number of benzene rings is 6. The van der Waals surface area contributed by atoms with Crippen molar-refractivity contribution < 1.29 is 0 Å². The largest absolute Gasteiger partial charge is 0.344 e. The van der Waals surface area contributed by atoms with Gasteiger partial charge in [0.1, 0.15) is 0 Å². The van der Waals surface area contributed by atoms with Crippen LogP contribution in [0.5, 0.6) is 0 Å². The highest BCUT2D eigenvalue weighted by Gasteiger charge is 2.16. The Morgan fingerprint density at radius 1 is 0.591 bits per heavy atom. The minimum Gasteiger partial charge on any atom is -0.344 e. The first-order valence-electron chi connectivity index (χ1n) is 14.4. The number of thiophene rings is 1. The molecule has 0 unspecified atom stereocenters. The molecule has 0 radical (unpaired) electrons. The highest BCUT2D eigenvalue weighted by Crippen LogP contribution is 2.41. The number of fused-ring (bicyclic) bond motifs is 6. The van der Waals surface area contributed by atoms with Gasteiger partial charge in [0, 0.05) is 54.9 Å². The maximum atomic E-state index is 9.71. The summed E-state index contributed by atoms with van der Waals surface area (Å²) in [5, 5.41) is 23.9. The molecule has 8 rings (SSSR count).